The summed E-state index contributed by atoms with van der Waals surface area (Å²) in [5.41, 5.74) is 0.706. The molecule has 0 radical (unpaired) electrons. The van der Waals surface area contributed by atoms with Gasteiger partial charge in [0.25, 0.3) is 5.91 Å². The average Bonchev–Trinajstić information content (AvgIpc) is 3.37. The number of nitrogens with zero attached hydrogens (tertiary/aromatic N) is 2. The Morgan fingerprint density at radius 2 is 1.94 bits per heavy atom. The van der Waals surface area contributed by atoms with Gasteiger partial charge in [-0.25, -0.2) is 18.2 Å². The lowest BCUT2D eigenvalue weighted by molar-refractivity contribution is 0.0531. The molecule has 2 aromatic heterocycles. The third-order valence-electron chi connectivity index (χ3n) is 4.26. The first-order chi connectivity index (χ1) is 14.7. The van der Waals surface area contributed by atoms with E-state index >= 15 is 0 Å². The lowest BCUT2D eigenvalue weighted by Crippen LogP contribution is -2.26. The molecule has 0 spiro atoms. The van der Waals surface area contributed by atoms with Crippen molar-refractivity contribution in [1.82, 2.24) is 9.29 Å². The second-order valence-electron chi connectivity index (χ2n) is 6.47. The zero-order valence-electron chi connectivity index (χ0n) is 17.1. The van der Waals surface area contributed by atoms with Gasteiger partial charge in [-0.3, -0.25) is 10.1 Å². The molecular weight excluding hydrogens is 442 g/mol. The van der Waals surface area contributed by atoms with Gasteiger partial charge in [-0.1, -0.05) is 11.3 Å². The van der Waals surface area contributed by atoms with Crippen molar-refractivity contribution in [1.29, 1.82) is 0 Å². The fraction of sp³-hybridized carbons (Fsp3) is 0.250. The summed E-state index contributed by atoms with van der Waals surface area (Å²) < 4.78 is 36.8. The summed E-state index contributed by atoms with van der Waals surface area (Å²) in [6.07, 6.45) is 1.48. The number of aryl methyl sites for hydroxylation is 1. The number of nitrogens with one attached hydrogen (secondary N) is 1. The number of sulfonamides is 1. The summed E-state index contributed by atoms with van der Waals surface area (Å²) in [6, 6.07) is 8.92. The van der Waals surface area contributed by atoms with Gasteiger partial charge in [0.15, 0.2) is 5.13 Å². The van der Waals surface area contributed by atoms with Crippen LogP contribution in [0.5, 0.6) is 0 Å². The Balaban J connectivity index is 1.70. The van der Waals surface area contributed by atoms with Crippen LogP contribution in [0.1, 0.15) is 38.4 Å². The van der Waals surface area contributed by atoms with E-state index in [1.807, 2.05) is 0 Å². The van der Waals surface area contributed by atoms with Crippen LogP contribution < -0.4 is 5.32 Å². The third-order valence-corrected chi connectivity index (χ3v) is 7.13. The van der Waals surface area contributed by atoms with Crippen molar-refractivity contribution in [2.24, 2.45) is 0 Å². The third kappa shape index (κ3) is 5.19. The molecule has 1 amide bonds. The first-order valence-corrected chi connectivity index (χ1v) is 11.5. The molecule has 0 unspecified atom stereocenters. The molecule has 9 nitrogen and oxygen atoms in total. The molecule has 0 aliphatic carbocycles. The Morgan fingerprint density at radius 3 is 2.55 bits per heavy atom. The number of carbonyl (C=O) groups excluding carboxylic acids is 2. The van der Waals surface area contributed by atoms with Gasteiger partial charge in [0.2, 0.25) is 10.0 Å². The van der Waals surface area contributed by atoms with Crippen LogP contribution in [0.25, 0.3) is 0 Å². The number of rotatable bonds is 8. The highest BCUT2D eigenvalue weighted by molar-refractivity contribution is 7.89. The Bertz CT molecular complexity index is 1170. The van der Waals surface area contributed by atoms with E-state index in [4.69, 9.17) is 9.15 Å². The lowest BCUT2D eigenvalue weighted by Gasteiger charge is -2.16. The van der Waals surface area contributed by atoms with E-state index in [1.165, 1.54) is 37.6 Å². The molecule has 11 heteroatoms. The molecule has 0 saturated heterocycles. The number of hydrogen-bond acceptors (Lipinski definition) is 8. The van der Waals surface area contributed by atoms with Gasteiger partial charge in [-0.15, -0.1) is 0 Å². The van der Waals surface area contributed by atoms with Gasteiger partial charge in [-0.05, 0) is 50.2 Å². The van der Waals surface area contributed by atoms with Crippen molar-refractivity contribution in [3.8, 4) is 0 Å². The number of anilines is 1. The summed E-state index contributed by atoms with van der Waals surface area (Å²) in [6.45, 7) is 3.68. The molecule has 0 fully saturated rings. The molecule has 0 bridgehead atoms. The van der Waals surface area contributed by atoms with Crippen LogP contribution in [0.3, 0.4) is 0 Å². The number of ether oxygens (including phenoxy) is 1. The van der Waals surface area contributed by atoms with Crippen molar-refractivity contribution < 1.29 is 27.2 Å². The zero-order valence-corrected chi connectivity index (χ0v) is 18.7. The largest absolute Gasteiger partial charge is 0.468 e. The van der Waals surface area contributed by atoms with Crippen LogP contribution in [0.15, 0.2) is 52.0 Å². The quantitative estimate of drug-likeness (QED) is 0.509. The monoisotopic (exact) mass is 463 g/mol. The Labute approximate surface area is 183 Å². The van der Waals surface area contributed by atoms with Crippen LogP contribution in [0.4, 0.5) is 5.13 Å². The van der Waals surface area contributed by atoms with Crippen molar-refractivity contribution >= 4 is 38.4 Å². The molecule has 2 heterocycles. The molecule has 3 rings (SSSR count). The molecule has 0 aliphatic rings. The fourth-order valence-corrected chi connectivity index (χ4v) is 4.66. The van der Waals surface area contributed by atoms with Crippen molar-refractivity contribution in [3.63, 3.8) is 0 Å². The highest BCUT2D eigenvalue weighted by Crippen LogP contribution is 2.24. The summed E-state index contributed by atoms with van der Waals surface area (Å²) >= 11 is 1.01. The normalized spacial score (nSPS) is 11.5. The van der Waals surface area contributed by atoms with E-state index in [-0.39, 0.29) is 28.7 Å². The second-order valence-corrected chi connectivity index (χ2v) is 9.52. The molecule has 31 heavy (non-hydrogen) atoms. The van der Waals surface area contributed by atoms with Gasteiger partial charge >= 0.3 is 5.97 Å². The van der Waals surface area contributed by atoms with Crippen LogP contribution in [-0.4, -0.2) is 43.2 Å². The predicted octanol–water partition coefficient (Wildman–Crippen LogP) is 3.29. The predicted molar refractivity (Wildman–Crippen MR) is 115 cm³/mol. The average molecular weight is 464 g/mol. The van der Waals surface area contributed by atoms with E-state index < -0.39 is 21.9 Å². The van der Waals surface area contributed by atoms with E-state index in [2.05, 4.69) is 10.3 Å². The second kappa shape index (κ2) is 9.41. The molecule has 1 aromatic carbocycles. The number of carbonyl (C=O) groups is 2. The molecular formula is C20H21N3O6S2. The number of benzene rings is 1. The Kier molecular flexibility index (Phi) is 6.88. The van der Waals surface area contributed by atoms with Crippen molar-refractivity contribution in [2.75, 3.05) is 19.0 Å². The minimum atomic E-state index is -3.75. The standard InChI is InChI=1S/C20H21N3O6S2/c1-4-28-19(25)17-13(2)21-20(30-17)22-18(24)14-7-9-16(10-8-14)31(26,27)23(3)12-15-6-5-11-29-15/h5-11H,4,12H2,1-3H3,(H,21,22,24). The summed E-state index contributed by atoms with van der Waals surface area (Å²) in [5, 5.41) is 2.87. The van der Waals surface area contributed by atoms with Crippen molar-refractivity contribution in [3.05, 3.63) is 64.6 Å². The van der Waals surface area contributed by atoms with Gasteiger partial charge in [0, 0.05) is 12.6 Å². The zero-order chi connectivity index (χ0) is 22.6. The first-order valence-electron chi connectivity index (χ1n) is 9.27. The minimum Gasteiger partial charge on any atom is -0.468 e. The number of hydrogen-bond donors (Lipinski definition) is 1. The topological polar surface area (TPSA) is 119 Å². The van der Waals surface area contributed by atoms with Crippen LogP contribution in [-0.2, 0) is 21.3 Å². The Hall–Kier alpha value is -3.02. The summed E-state index contributed by atoms with van der Waals surface area (Å²) in [7, 11) is -2.30. The highest BCUT2D eigenvalue weighted by Gasteiger charge is 2.23. The Morgan fingerprint density at radius 1 is 1.23 bits per heavy atom. The van der Waals surface area contributed by atoms with Gasteiger partial charge in [-0.2, -0.15) is 4.31 Å². The van der Waals surface area contributed by atoms with Crippen LogP contribution in [0.2, 0.25) is 0 Å². The van der Waals surface area contributed by atoms with E-state index in [1.54, 1.807) is 26.0 Å². The van der Waals surface area contributed by atoms with Gasteiger partial charge < -0.3 is 9.15 Å². The fourth-order valence-electron chi connectivity index (χ4n) is 2.67. The van der Waals surface area contributed by atoms with Crippen molar-refractivity contribution in [2.45, 2.75) is 25.3 Å². The molecule has 0 atom stereocenters. The SMILES string of the molecule is CCOC(=O)c1sc(NC(=O)c2ccc(S(=O)(=O)N(C)Cc3ccco3)cc2)nc1C. The number of furan rings is 1. The van der Waals surface area contributed by atoms with E-state index in [9.17, 15) is 18.0 Å². The van der Waals surface area contributed by atoms with E-state index in [0.29, 0.717) is 16.3 Å². The minimum absolute atomic E-state index is 0.0489. The lowest BCUT2D eigenvalue weighted by atomic mass is 10.2. The molecule has 0 aliphatic heterocycles. The smallest absolute Gasteiger partial charge is 0.350 e. The molecule has 3 aromatic rings. The highest BCUT2D eigenvalue weighted by atomic mass is 32.2. The maximum Gasteiger partial charge on any atom is 0.350 e. The van der Waals surface area contributed by atoms with E-state index in [0.717, 1.165) is 15.6 Å². The molecule has 1 N–H and O–H groups in total. The first kappa shape index (κ1) is 22.7. The molecule has 0 saturated carbocycles. The maximum atomic E-state index is 12.7. The van der Waals surface area contributed by atoms with Crippen LogP contribution >= 0.6 is 11.3 Å². The van der Waals surface area contributed by atoms with Gasteiger partial charge in [0.05, 0.1) is 30.0 Å². The number of esters is 1. The van der Waals surface area contributed by atoms with Crippen LogP contribution in [0, 0.1) is 6.92 Å². The van der Waals surface area contributed by atoms with Gasteiger partial charge in [0.1, 0.15) is 10.6 Å². The maximum absolute atomic E-state index is 12.7. The molecule has 164 valence electrons. The summed E-state index contributed by atoms with van der Waals surface area (Å²) in [5.74, 6) is -0.453. The summed E-state index contributed by atoms with van der Waals surface area (Å²) in [4.78, 5) is 28.9. The number of aromatic nitrogens is 1. The number of amides is 1. The number of thiazole rings is 1.